The molecule has 2 rings (SSSR count). The highest BCUT2D eigenvalue weighted by molar-refractivity contribution is 9.10. The number of morpholine rings is 1. The van der Waals surface area contributed by atoms with E-state index in [4.69, 9.17) is 15.7 Å². The fraction of sp³-hybridized carbons (Fsp3) is 0.333. The van der Waals surface area contributed by atoms with E-state index in [0.717, 1.165) is 6.07 Å². The van der Waals surface area contributed by atoms with Crippen molar-refractivity contribution in [2.45, 2.75) is 6.10 Å². The lowest BCUT2D eigenvalue weighted by Crippen LogP contribution is -2.45. The normalized spacial score (nSPS) is 19.0. The van der Waals surface area contributed by atoms with E-state index < -0.39 is 11.9 Å². The number of halogens is 2. The summed E-state index contributed by atoms with van der Waals surface area (Å²) in [5.41, 5.74) is 5.66. The number of anilines is 1. The minimum absolute atomic E-state index is 0.0864. The summed E-state index contributed by atoms with van der Waals surface area (Å²) < 4.78 is 18.7. The number of benzene rings is 1. The Morgan fingerprint density at radius 2 is 2.37 bits per heavy atom. The number of nitriles is 1. The number of rotatable bonds is 1. The summed E-state index contributed by atoms with van der Waals surface area (Å²) in [6, 6.07) is 4.41. The largest absolute Gasteiger partial charge is 0.396 e. The van der Waals surface area contributed by atoms with Crippen LogP contribution in [0.3, 0.4) is 0 Å². The highest BCUT2D eigenvalue weighted by Crippen LogP contribution is 2.24. The molecule has 1 atom stereocenters. The van der Waals surface area contributed by atoms with Crippen molar-refractivity contribution in [2.24, 2.45) is 0 Å². The van der Waals surface area contributed by atoms with Gasteiger partial charge in [-0.2, -0.15) is 5.26 Å². The first-order chi connectivity index (χ1) is 9.02. The van der Waals surface area contributed by atoms with Gasteiger partial charge >= 0.3 is 0 Å². The lowest BCUT2D eigenvalue weighted by molar-refractivity contribution is 0.00342. The van der Waals surface area contributed by atoms with Crippen LogP contribution in [0.1, 0.15) is 10.4 Å². The van der Waals surface area contributed by atoms with Crippen LogP contribution in [0.15, 0.2) is 16.6 Å². The van der Waals surface area contributed by atoms with E-state index in [1.807, 2.05) is 6.07 Å². The van der Waals surface area contributed by atoms with Crippen LogP contribution < -0.4 is 5.73 Å². The second-order valence-electron chi connectivity index (χ2n) is 4.09. The van der Waals surface area contributed by atoms with Crippen LogP contribution in [0.25, 0.3) is 0 Å². The molecule has 1 aromatic carbocycles. The summed E-state index contributed by atoms with van der Waals surface area (Å²) in [5.74, 6) is -0.887. The summed E-state index contributed by atoms with van der Waals surface area (Å²) in [7, 11) is 0. The first-order valence-electron chi connectivity index (χ1n) is 5.58. The average Bonchev–Trinajstić information content (AvgIpc) is 2.42. The third-order valence-corrected chi connectivity index (χ3v) is 3.47. The molecule has 1 aliphatic heterocycles. The zero-order valence-corrected chi connectivity index (χ0v) is 11.5. The molecule has 0 radical (unpaired) electrons. The predicted molar refractivity (Wildman–Crippen MR) is 69.8 cm³/mol. The Morgan fingerprint density at radius 1 is 1.63 bits per heavy atom. The molecule has 1 heterocycles. The van der Waals surface area contributed by atoms with Crippen molar-refractivity contribution in [3.8, 4) is 6.07 Å². The van der Waals surface area contributed by atoms with E-state index in [1.54, 1.807) is 0 Å². The Kier molecular flexibility index (Phi) is 4.02. The molecule has 0 saturated carbocycles. The molecule has 7 heteroatoms. The molecule has 100 valence electrons. The Balaban J connectivity index is 2.25. The average molecular weight is 328 g/mol. The van der Waals surface area contributed by atoms with E-state index in [1.165, 1.54) is 11.0 Å². The quantitative estimate of drug-likeness (QED) is 0.793. The minimum Gasteiger partial charge on any atom is -0.396 e. The Labute approximate surface area is 117 Å². The molecule has 0 spiro atoms. The van der Waals surface area contributed by atoms with Crippen molar-refractivity contribution in [1.82, 2.24) is 4.90 Å². The molecule has 0 aromatic heterocycles. The summed E-state index contributed by atoms with van der Waals surface area (Å²) in [5, 5.41) is 8.80. The maximum atomic E-state index is 13.2. The van der Waals surface area contributed by atoms with E-state index in [2.05, 4.69) is 15.9 Å². The number of nitrogens with two attached hydrogens (primary N) is 1. The Hall–Kier alpha value is -1.65. The third kappa shape index (κ3) is 2.85. The molecule has 1 fully saturated rings. The van der Waals surface area contributed by atoms with Gasteiger partial charge < -0.3 is 15.4 Å². The number of hydrogen-bond acceptors (Lipinski definition) is 4. The maximum absolute atomic E-state index is 13.2. The Morgan fingerprint density at radius 3 is 3.05 bits per heavy atom. The van der Waals surface area contributed by atoms with Gasteiger partial charge in [0.15, 0.2) is 6.10 Å². The zero-order valence-electron chi connectivity index (χ0n) is 9.90. The minimum atomic E-state index is -0.630. The van der Waals surface area contributed by atoms with E-state index in [0.29, 0.717) is 17.6 Å². The standard InChI is InChI=1S/C12H11BrFN3O2/c13-9-4-10(14)11(16)3-8(9)12(18)17-1-2-19-7(5-15)6-17/h3-4,7H,1-2,6,16H2. The SMILES string of the molecule is N#CC1CN(C(=O)c2cc(N)c(F)cc2Br)CCO1. The molecule has 1 aromatic rings. The molecule has 1 saturated heterocycles. The van der Waals surface area contributed by atoms with Gasteiger partial charge in [0.25, 0.3) is 5.91 Å². The predicted octanol–water partition coefficient (Wildman–Crippen LogP) is 1.53. The fourth-order valence-corrected chi connectivity index (χ4v) is 2.30. The van der Waals surface area contributed by atoms with Gasteiger partial charge in [-0.05, 0) is 28.1 Å². The second-order valence-corrected chi connectivity index (χ2v) is 4.95. The van der Waals surface area contributed by atoms with Gasteiger partial charge in [-0.25, -0.2) is 4.39 Å². The van der Waals surface area contributed by atoms with Crippen LogP contribution in [0.2, 0.25) is 0 Å². The first-order valence-corrected chi connectivity index (χ1v) is 6.37. The van der Waals surface area contributed by atoms with Crippen molar-refractivity contribution in [3.05, 3.63) is 28.0 Å². The molecular weight excluding hydrogens is 317 g/mol. The number of hydrogen-bond donors (Lipinski definition) is 1. The van der Waals surface area contributed by atoms with Crippen LogP contribution in [-0.4, -0.2) is 36.6 Å². The topological polar surface area (TPSA) is 79.4 Å². The van der Waals surface area contributed by atoms with Crippen LogP contribution in [0.4, 0.5) is 10.1 Å². The van der Waals surface area contributed by atoms with Crippen molar-refractivity contribution in [3.63, 3.8) is 0 Å². The van der Waals surface area contributed by atoms with Crippen molar-refractivity contribution >= 4 is 27.5 Å². The van der Waals surface area contributed by atoms with Gasteiger partial charge in [0.2, 0.25) is 0 Å². The molecule has 0 aliphatic carbocycles. The molecule has 2 N–H and O–H groups in total. The van der Waals surface area contributed by atoms with Crippen LogP contribution in [0, 0.1) is 17.1 Å². The number of carbonyl (C=O) groups excluding carboxylic acids is 1. The fourth-order valence-electron chi connectivity index (χ4n) is 1.81. The van der Waals surface area contributed by atoms with E-state index in [9.17, 15) is 9.18 Å². The summed E-state index contributed by atoms with van der Waals surface area (Å²) in [6.45, 7) is 0.887. The van der Waals surface area contributed by atoms with Crippen molar-refractivity contribution < 1.29 is 13.9 Å². The smallest absolute Gasteiger partial charge is 0.255 e. The van der Waals surface area contributed by atoms with Crippen molar-refractivity contribution in [1.29, 1.82) is 5.26 Å². The molecule has 1 unspecified atom stereocenters. The van der Waals surface area contributed by atoms with Gasteiger partial charge in [-0.3, -0.25) is 4.79 Å². The molecule has 19 heavy (non-hydrogen) atoms. The number of carbonyl (C=O) groups is 1. The van der Waals surface area contributed by atoms with Crippen LogP contribution in [0.5, 0.6) is 0 Å². The van der Waals surface area contributed by atoms with Gasteiger partial charge in [0.05, 0.1) is 30.5 Å². The number of nitrogen functional groups attached to an aromatic ring is 1. The molecule has 0 bridgehead atoms. The van der Waals surface area contributed by atoms with Crippen molar-refractivity contribution in [2.75, 3.05) is 25.4 Å². The summed E-state index contributed by atoms with van der Waals surface area (Å²) in [4.78, 5) is 13.8. The second kappa shape index (κ2) is 5.55. The number of ether oxygens (including phenoxy) is 1. The monoisotopic (exact) mass is 327 g/mol. The Bertz CT molecular complexity index is 559. The summed E-state index contributed by atoms with van der Waals surface area (Å²) in [6.07, 6.45) is -0.630. The first kappa shape index (κ1) is 13.8. The molecule has 1 aliphatic rings. The van der Waals surface area contributed by atoms with Crippen LogP contribution >= 0.6 is 15.9 Å². The van der Waals surface area contributed by atoms with Gasteiger partial charge in [-0.15, -0.1) is 0 Å². The van der Waals surface area contributed by atoms with Gasteiger partial charge in [0, 0.05) is 11.0 Å². The molecule has 1 amide bonds. The number of nitrogens with zero attached hydrogens (tertiary/aromatic N) is 2. The highest BCUT2D eigenvalue weighted by atomic mass is 79.9. The van der Waals surface area contributed by atoms with E-state index in [-0.39, 0.29) is 23.7 Å². The van der Waals surface area contributed by atoms with Gasteiger partial charge in [0.1, 0.15) is 5.82 Å². The van der Waals surface area contributed by atoms with Gasteiger partial charge in [-0.1, -0.05) is 0 Å². The zero-order chi connectivity index (χ0) is 14.0. The lowest BCUT2D eigenvalue weighted by atomic mass is 10.1. The lowest BCUT2D eigenvalue weighted by Gasteiger charge is -2.30. The molecule has 5 nitrogen and oxygen atoms in total. The third-order valence-electron chi connectivity index (χ3n) is 2.81. The molecular formula is C12H11BrFN3O2. The van der Waals surface area contributed by atoms with E-state index >= 15 is 0 Å². The summed E-state index contributed by atoms with van der Waals surface area (Å²) >= 11 is 3.14. The highest BCUT2D eigenvalue weighted by Gasteiger charge is 2.26. The van der Waals surface area contributed by atoms with Crippen LogP contribution in [-0.2, 0) is 4.74 Å². The maximum Gasteiger partial charge on any atom is 0.255 e. The number of amides is 1.